The van der Waals surface area contributed by atoms with Crippen molar-refractivity contribution in [1.82, 2.24) is 0 Å². The molecule has 2 atom stereocenters. The average molecular weight is 280 g/mol. The van der Waals surface area contributed by atoms with Crippen LogP contribution in [0.4, 0.5) is 0 Å². The first kappa shape index (κ1) is 10.8. The predicted octanol–water partition coefficient (Wildman–Crippen LogP) is 3.46. The molecule has 16 heavy (non-hydrogen) atoms. The van der Waals surface area contributed by atoms with Crippen molar-refractivity contribution in [1.29, 1.82) is 0 Å². The van der Waals surface area contributed by atoms with E-state index in [9.17, 15) is 0 Å². The first-order valence-electron chi connectivity index (χ1n) is 6.00. The zero-order valence-electron chi connectivity index (χ0n) is 9.83. The Balaban J connectivity index is 1.93. The first-order valence-corrected chi connectivity index (χ1v) is 6.79. The molecular weight excluding hydrogens is 262 g/mol. The Morgan fingerprint density at radius 3 is 2.06 bits per heavy atom. The highest BCUT2D eigenvalue weighted by Gasteiger charge is 2.69. The Morgan fingerprint density at radius 1 is 1.19 bits per heavy atom. The molecule has 0 amide bonds. The Hall–Kier alpha value is -0.340. The van der Waals surface area contributed by atoms with Crippen molar-refractivity contribution < 1.29 is 0 Å². The normalized spacial score (nSPS) is 33.5. The fraction of sp³-hybridized carbons (Fsp3) is 0.571. The smallest absolute Gasteiger partial charge is 0.0175 e. The molecule has 2 saturated carbocycles. The van der Waals surface area contributed by atoms with Gasteiger partial charge in [-0.05, 0) is 41.9 Å². The van der Waals surface area contributed by atoms with Crippen molar-refractivity contribution in [3.8, 4) is 0 Å². The second kappa shape index (κ2) is 3.11. The maximum atomic E-state index is 6.23. The van der Waals surface area contributed by atoms with Gasteiger partial charge in [-0.1, -0.05) is 41.9 Å². The number of hydrogen-bond donors (Lipinski definition) is 1. The van der Waals surface area contributed by atoms with Crippen LogP contribution in [0.15, 0.2) is 28.7 Å². The van der Waals surface area contributed by atoms with Crippen molar-refractivity contribution in [2.24, 2.45) is 17.1 Å². The summed E-state index contributed by atoms with van der Waals surface area (Å²) < 4.78 is 1.16. The third kappa shape index (κ3) is 1.32. The lowest BCUT2D eigenvalue weighted by atomic mass is 9.87. The summed E-state index contributed by atoms with van der Waals surface area (Å²) >= 11 is 3.49. The molecule has 0 radical (unpaired) electrons. The van der Waals surface area contributed by atoms with Gasteiger partial charge in [-0.15, -0.1) is 0 Å². The second-order valence-corrected chi connectivity index (χ2v) is 6.90. The maximum absolute atomic E-state index is 6.23. The van der Waals surface area contributed by atoms with Crippen LogP contribution in [0.5, 0.6) is 0 Å². The first-order chi connectivity index (χ1) is 7.48. The van der Waals surface area contributed by atoms with E-state index in [1.807, 2.05) is 0 Å². The van der Waals surface area contributed by atoms with Crippen LogP contribution in [0.1, 0.15) is 32.3 Å². The van der Waals surface area contributed by atoms with Crippen LogP contribution in [0.3, 0.4) is 0 Å². The average Bonchev–Trinajstić information content (AvgIpc) is 3.08. The Morgan fingerprint density at radius 2 is 1.69 bits per heavy atom. The lowest BCUT2D eigenvalue weighted by Gasteiger charge is -2.17. The number of nitrogens with two attached hydrogens (primary N) is 1. The van der Waals surface area contributed by atoms with E-state index in [2.05, 4.69) is 54.0 Å². The van der Waals surface area contributed by atoms with Gasteiger partial charge in [0.1, 0.15) is 0 Å². The van der Waals surface area contributed by atoms with E-state index in [0.717, 1.165) is 4.47 Å². The van der Waals surface area contributed by atoms with E-state index >= 15 is 0 Å². The molecule has 2 fully saturated rings. The largest absolute Gasteiger partial charge is 0.327 e. The third-order valence-electron chi connectivity index (χ3n) is 4.71. The number of benzene rings is 1. The van der Waals surface area contributed by atoms with Gasteiger partial charge in [-0.2, -0.15) is 0 Å². The summed E-state index contributed by atoms with van der Waals surface area (Å²) in [5, 5.41) is 0. The highest BCUT2D eigenvalue weighted by atomic mass is 79.9. The SMILES string of the molecule is CC1(C)C(N)C1C1(c2ccc(Br)cc2)CC1. The molecule has 0 spiro atoms. The molecule has 1 aromatic rings. The Kier molecular flexibility index (Phi) is 2.10. The highest BCUT2D eigenvalue weighted by molar-refractivity contribution is 9.10. The van der Waals surface area contributed by atoms with E-state index < -0.39 is 0 Å². The second-order valence-electron chi connectivity index (χ2n) is 5.99. The predicted molar refractivity (Wildman–Crippen MR) is 70.3 cm³/mol. The fourth-order valence-corrected chi connectivity index (χ4v) is 3.69. The van der Waals surface area contributed by atoms with Gasteiger partial charge in [0, 0.05) is 15.9 Å². The van der Waals surface area contributed by atoms with Gasteiger partial charge < -0.3 is 5.73 Å². The molecule has 0 aromatic heterocycles. The summed E-state index contributed by atoms with van der Waals surface area (Å²) in [7, 11) is 0. The molecule has 1 nitrogen and oxygen atoms in total. The molecule has 1 aromatic carbocycles. The van der Waals surface area contributed by atoms with Gasteiger partial charge in [-0.3, -0.25) is 0 Å². The minimum absolute atomic E-state index is 0.337. The summed E-state index contributed by atoms with van der Waals surface area (Å²) in [5.74, 6) is 0.682. The zero-order valence-corrected chi connectivity index (χ0v) is 11.4. The van der Waals surface area contributed by atoms with Crippen LogP contribution in [0.2, 0.25) is 0 Å². The topological polar surface area (TPSA) is 26.0 Å². The van der Waals surface area contributed by atoms with Crippen molar-refractivity contribution in [3.05, 3.63) is 34.3 Å². The molecule has 0 bridgehead atoms. The summed E-state index contributed by atoms with van der Waals surface area (Å²) in [5.41, 5.74) is 8.46. The quantitative estimate of drug-likeness (QED) is 0.882. The van der Waals surface area contributed by atoms with Crippen LogP contribution in [-0.2, 0) is 5.41 Å². The molecule has 0 heterocycles. The van der Waals surface area contributed by atoms with E-state index in [0.29, 0.717) is 22.8 Å². The van der Waals surface area contributed by atoms with Gasteiger partial charge in [0.25, 0.3) is 0 Å². The standard InChI is InChI=1S/C14H18BrN/c1-13(2)11(12(13)16)14(7-8-14)9-3-5-10(15)6-4-9/h3-6,11-12H,7-8,16H2,1-2H3. The van der Waals surface area contributed by atoms with Gasteiger partial charge in [0.2, 0.25) is 0 Å². The number of halogens is 1. The molecule has 0 saturated heterocycles. The van der Waals surface area contributed by atoms with Crippen LogP contribution < -0.4 is 5.73 Å². The van der Waals surface area contributed by atoms with Gasteiger partial charge in [0.15, 0.2) is 0 Å². The third-order valence-corrected chi connectivity index (χ3v) is 5.24. The van der Waals surface area contributed by atoms with E-state index in [4.69, 9.17) is 5.73 Å². The van der Waals surface area contributed by atoms with Crippen molar-refractivity contribution in [2.75, 3.05) is 0 Å². The van der Waals surface area contributed by atoms with Crippen molar-refractivity contribution >= 4 is 15.9 Å². The molecule has 3 rings (SSSR count). The summed E-state index contributed by atoms with van der Waals surface area (Å²) in [6.07, 6.45) is 2.63. The number of rotatable bonds is 2. The summed E-state index contributed by atoms with van der Waals surface area (Å²) in [4.78, 5) is 0. The van der Waals surface area contributed by atoms with Crippen LogP contribution in [-0.4, -0.2) is 6.04 Å². The molecule has 2 aliphatic carbocycles. The summed E-state index contributed by atoms with van der Waals surface area (Å²) in [6, 6.07) is 9.21. The molecule has 86 valence electrons. The lowest BCUT2D eigenvalue weighted by molar-refractivity contribution is 0.469. The monoisotopic (exact) mass is 279 g/mol. The van der Waals surface area contributed by atoms with Gasteiger partial charge in [-0.25, -0.2) is 0 Å². The van der Waals surface area contributed by atoms with Crippen LogP contribution in [0.25, 0.3) is 0 Å². The van der Waals surface area contributed by atoms with E-state index in [-0.39, 0.29) is 0 Å². The molecule has 2 heteroatoms. The molecule has 0 aliphatic heterocycles. The number of hydrogen-bond acceptors (Lipinski definition) is 1. The Bertz CT molecular complexity index is 417. The van der Waals surface area contributed by atoms with Crippen LogP contribution in [0, 0.1) is 11.3 Å². The van der Waals surface area contributed by atoms with Gasteiger partial charge in [0.05, 0.1) is 0 Å². The molecule has 2 aliphatic rings. The minimum Gasteiger partial charge on any atom is -0.327 e. The molecular formula is C14H18BrN. The minimum atomic E-state index is 0.337. The molecule has 2 unspecified atom stereocenters. The van der Waals surface area contributed by atoms with E-state index in [1.165, 1.54) is 18.4 Å². The van der Waals surface area contributed by atoms with Crippen molar-refractivity contribution in [3.63, 3.8) is 0 Å². The summed E-state index contributed by atoms with van der Waals surface area (Å²) in [6.45, 7) is 4.61. The van der Waals surface area contributed by atoms with Crippen molar-refractivity contribution in [2.45, 2.75) is 38.1 Å². The fourth-order valence-electron chi connectivity index (χ4n) is 3.43. The lowest BCUT2D eigenvalue weighted by Crippen LogP contribution is -2.15. The maximum Gasteiger partial charge on any atom is 0.0175 e. The highest BCUT2D eigenvalue weighted by Crippen LogP contribution is 2.69. The van der Waals surface area contributed by atoms with Gasteiger partial charge >= 0.3 is 0 Å². The van der Waals surface area contributed by atoms with Crippen LogP contribution >= 0.6 is 15.9 Å². The Labute approximate surface area is 106 Å². The van der Waals surface area contributed by atoms with E-state index in [1.54, 1.807) is 0 Å². The molecule has 2 N–H and O–H groups in total. The zero-order chi connectivity index (χ0) is 11.6.